The van der Waals surface area contributed by atoms with Crippen molar-refractivity contribution in [1.82, 2.24) is 0 Å². The SMILES string of the molecule is C=Nc1cc(OC)c(C(N)=O)cc1/C(=C\C)Oc1cc(Cl)c(N)cc1F. The van der Waals surface area contributed by atoms with E-state index in [1.54, 1.807) is 13.0 Å². The second-order valence-electron chi connectivity index (χ2n) is 5.15. The number of amides is 1. The molecule has 1 amide bonds. The van der Waals surface area contributed by atoms with Crippen molar-refractivity contribution in [2.24, 2.45) is 10.7 Å². The predicted octanol–water partition coefficient (Wildman–Crippen LogP) is 3.94. The molecule has 0 spiro atoms. The minimum atomic E-state index is -0.698. The van der Waals surface area contributed by atoms with Gasteiger partial charge in [-0.25, -0.2) is 4.39 Å². The first-order valence-corrected chi connectivity index (χ1v) is 7.77. The molecule has 26 heavy (non-hydrogen) atoms. The van der Waals surface area contributed by atoms with Crippen LogP contribution in [0.1, 0.15) is 22.8 Å². The second-order valence-corrected chi connectivity index (χ2v) is 5.56. The summed E-state index contributed by atoms with van der Waals surface area (Å²) in [6.45, 7) is 5.17. The van der Waals surface area contributed by atoms with Gasteiger partial charge in [-0.3, -0.25) is 9.79 Å². The highest BCUT2D eigenvalue weighted by Crippen LogP contribution is 2.36. The molecule has 0 aliphatic rings. The van der Waals surface area contributed by atoms with Gasteiger partial charge in [0.1, 0.15) is 11.5 Å². The molecule has 2 aromatic rings. The monoisotopic (exact) mass is 377 g/mol. The summed E-state index contributed by atoms with van der Waals surface area (Å²) in [5, 5.41) is 0.145. The van der Waals surface area contributed by atoms with Gasteiger partial charge < -0.3 is 20.9 Å². The lowest BCUT2D eigenvalue weighted by Crippen LogP contribution is -2.13. The Kier molecular flexibility index (Phi) is 5.84. The minimum absolute atomic E-state index is 0.0902. The van der Waals surface area contributed by atoms with Crippen LogP contribution < -0.4 is 20.9 Å². The summed E-state index contributed by atoms with van der Waals surface area (Å²) in [4.78, 5) is 15.6. The molecular weight excluding hydrogens is 361 g/mol. The van der Waals surface area contributed by atoms with Crippen molar-refractivity contribution in [3.05, 3.63) is 52.3 Å². The van der Waals surface area contributed by atoms with Gasteiger partial charge in [0.05, 0.1) is 29.1 Å². The quantitative estimate of drug-likeness (QED) is 0.452. The lowest BCUT2D eigenvalue weighted by Gasteiger charge is -2.16. The molecule has 8 heteroatoms. The maximum atomic E-state index is 14.1. The van der Waals surface area contributed by atoms with E-state index in [0.29, 0.717) is 11.3 Å². The van der Waals surface area contributed by atoms with E-state index >= 15 is 0 Å². The maximum absolute atomic E-state index is 14.1. The number of aliphatic imine (C=N–C) groups is 1. The molecule has 136 valence electrons. The first-order valence-electron chi connectivity index (χ1n) is 7.40. The molecule has 0 heterocycles. The topological polar surface area (TPSA) is 99.9 Å². The van der Waals surface area contributed by atoms with Crippen molar-refractivity contribution in [1.29, 1.82) is 0 Å². The Morgan fingerprint density at radius 1 is 1.27 bits per heavy atom. The molecule has 4 N–H and O–H groups in total. The number of carbonyl (C=O) groups is 1. The van der Waals surface area contributed by atoms with Gasteiger partial charge in [0.2, 0.25) is 0 Å². The van der Waals surface area contributed by atoms with Gasteiger partial charge in [-0.2, -0.15) is 0 Å². The van der Waals surface area contributed by atoms with Crippen LogP contribution in [0.5, 0.6) is 11.5 Å². The molecule has 6 nitrogen and oxygen atoms in total. The molecule has 0 aliphatic carbocycles. The lowest BCUT2D eigenvalue weighted by molar-refractivity contribution is 0.0997. The number of rotatable bonds is 6. The number of halogens is 2. The van der Waals surface area contributed by atoms with E-state index in [1.807, 2.05) is 0 Å². The first-order chi connectivity index (χ1) is 12.3. The van der Waals surface area contributed by atoms with Crippen LogP contribution in [0.4, 0.5) is 15.8 Å². The Balaban J connectivity index is 2.57. The fourth-order valence-electron chi connectivity index (χ4n) is 2.27. The molecule has 0 fully saturated rings. The van der Waals surface area contributed by atoms with E-state index in [2.05, 4.69) is 11.7 Å². The Morgan fingerprint density at radius 3 is 2.50 bits per heavy atom. The third kappa shape index (κ3) is 3.78. The van der Waals surface area contributed by atoms with Gasteiger partial charge in [-0.15, -0.1) is 0 Å². The summed E-state index contributed by atoms with van der Waals surface area (Å²) in [7, 11) is 1.40. The zero-order valence-corrected chi connectivity index (χ0v) is 14.9. The number of anilines is 1. The van der Waals surface area contributed by atoms with Crippen molar-refractivity contribution >= 4 is 41.4 Å². The van der Waals surface area contributed by atoms with Crippen molar-refractivity contribution < 1.29 is 18.7 Å². The predicted molar refractivity (Wildman–Crippen MR) is 101 cm³/mol. The first kappa shape index (κ1) is 19.3. The van der Waals surface area contributed by atoms with Crippen LogP contribution in [0.3, 0.4) is 0 Å². The third-order valence-corrected chi connectivity index (χ3v) is 3.88. The third-order valence-electron chi connectivity index (χ3n) is 3.55. The van der Waals surface area contributed by atoms with E-state index in [1.165, 1.54) is 25.3 Å². The molecule has 0 bridgehead atoms. The highest BCUT2D eigenvalue weighted by atomic mass is 35.5. The van der Waals surface area contributed by atoms with E-state index in [4.69, 9.17) is 32.5 Å². The molecule has 0 atom stereocenters. The molecule has 0 saturated carbocycles. The van der Waals surface area contributed by atoms with Crippen LogP contribution >= 0.6 is 11.6 Å². The number of ether oxygens (including phenoxy) is 2. The maximum Gasteiger partial charge on any atom is 0.252 e. The molecule has 0 unspecified atom stereocenters. The number of nitrogen functional groups attached to an aromatic ring is 1. The number of allylic oxidation sites excluding steroid dienone is 1. The van der Waals surface area contributed by atoms with E-state index in [9.17, 15) is 9.18 Å². The van der Waals surface area contributed by atoms with Crippen LogP contribution in [0.2, 0.25) is 5.02 Å². The fraction of sp³-hybridized carbons (Fsp3) is 0.111. The lowest BCUT2D eigenvalue weighted by atomic mass is 10.0. The van der Waals surface area contributed by atoms with Gasteiger partial charge in [-0.05, 0) is 25.8 Å². The van der Waals surface area contributed by atoms with Gasteiger partial charge in [-0.1, -0.05) is 11.6 Å². The fourth-order valence-corrected chi connectivity index (χ4v) is 2.42. The van der Waals surface area contributed by atoms with Crippen molar-refractivity contribution in [3.8, 4) is 11.5 Å². The highest BCUT2D eigenvalue weighted by Gasteiger charge is 2.19. The summed E-state index contributed by atoms with van der Waals surface area (Å²) < 4.78 is 24.9. The summed E-state index contributed by atoms with van der Waals surface area (Å²) >= 11 is 5.93. The average Bonchev–Trinajstić information content (AvgIpc) is 2.62. The average molecular weight is 378 g/mol. The molecule has 2 aromatic carbocycles. The van der Waals surface area contributed by atoms with Crippen LogP contribution in [0, 0.1) is 5.82 Å². The minimum Gasteiger partial charge on any atom is -0.496 e. The smallest absolute Gasteiger partial charge is 0.252 e. The van der Waals surface area contributed by atoms with Gasteiger partial charge in [0.15, 0.2) is 11.6 Å². The molecule has 0 aliphatic heterocycles. The molecular formula is C18H17ClFN3O3. The normalized spacial score (nSPS) is 11.2. The van der Waals surface area contributed by atoms with Crippen LogP contribution in [-0.4, -0.2) is 19.7 Å². The number of hydrogen-bond acceptors (Lipinski definition) is 5. The van der Waals surface area contributed by atoms with Crippen molar-refractivity contribution in [3.63, 3.8) is 0 Å². The van der Waals surface area contributed by atoms with Gasteiger partial charge in [0.25, 0.3) is 5.91 Å². The molecule has 0 radical (unpaired) electrons. The van der Waals surface area contributed by atoms with Gasteiger partial charge >= 0.3 is 0 Å². The number of carbonyl (C=O) groups excluding carboxylic acids is 1. The largest absolute Gasteiger partial charge is 0.496 e. The number of benzene rings is 2. The summed E-state index contributed by atoms with van der Waals surface area (Å²) in [5.41, 5.74) is 11.9. The van der Waals surface area contributed by atoms with Crippen LogP contribution in [0.15, 0.2) is 35.3 Å². The Bertz CT molecular complexity index is 913. The standard InChI is InChI=1S/C18H17ClFN3O3/c1-4-15(26-17-6-11(19)13(21)7-12(17)20)9-5-10(18(22)24)16(25-3)8-14(9)23-2/h4-8H,2,21H2,1,3H3,(H2,22,24)/b15-4+. The highest BCUT2D eigenvalue weighted by molar-refractivity contribution is 6.33. The number of nitrogens with zero attached hydrogens (tertiary/aromatic N) is 1. The molecule has 2 rings (SSSR count). The zero-order valence-electron chi connectivity index (χ0n) is 14.2. The molecule has 0 saturated heterocycles. The Labute approximate surface area is 154 Å². The number of primary amides is 1. The van der Waals surface area contributed by atoms with E-state index in [0.717, 1.165) is 6.07 Å². The number of methoxy groups -OCH3 is 1. The Hall–Kier alpha value is -3.06. The second kappa shape index (κ2) is 7.88. The summed E-state index contributed by atoms with van der Waals surface area (Å²) in [6, 6.07) is 5.24. The van der Waals surface area contributed by atoms with E-state index in [-0.39, 0.29) is 33.5 Å². The summed E-state index contributed by atoms with van der Waals surface area (Å²) in [6.07, 6.45) is 1.57. The van der Waals surface area contributed by atoms with Crippen LogP contribution in [0.25, 0.3) is 5.76 Å². The van der Waals surface area contributed by atoms with Crippen molar-refractivity contribution in [2.75, 3.05) is 12.8 Å². The summed E-state index contributed by atoms with van der Waals surface area (Å²) in [5.74, 6) is -1.07. The van der Waals surface area contributed by atoms with E-state index < -0.39 is 11.7 Å². The molecule has 0 aromatic heterocycles. The van der Waals surface area contributed by atoms with Crippen LogP contribution in [-0.2, 0) is 0 Å². The number of hydrogen-bond donors (Lipinski definition) is 2. The van der Waals surface area contributed by atoms with Gasteiger partial charge in [0, 0.05) is 23.8 Å². The number of nitrogens with two attached hydrogens (primary N) is 2. The zero-order chi connectivity index (χ0) is 19.4. The van der Waals surface area contributed by atoms with Crippen molar-refractivity contribution in [2.45, 2.75) is 6.92 Å². The Morgan fingerprint density at radius 2 is 1.96 bits per heavy atom.